The number of allylic oxidation sites excluding steroid dienone is 2. The Morgan fingerprint density at radius 2 is 1.89 bits per heavy atom. The quantitative estimate of drug-likeness (QED) is 0.395. The first-order chi connectivity index (χ1) is 17.5. The molecule has 2 aliphatic rings. The highest BCUT2D eigenvalue weighted by molar-refractivity contribution is 6.02. The van der Waals surface area contributed by atoms with Crippen molar-refractivity contribution in [2.24, 2.45) is 11.8 Å². The SMILES string of the molecule is C[C@H]1C(=O)C(C#N)=C[C@@]2(C)c3nn(-c4cccc(-c5ccccc5)c4)c(-c4ccncn4)c3CC[C@H]12. The molecule has 2 aliphatic carbocycles. The van der Waals surface area contributed by atoms with Crippen LogP contribution in [-0.4, -0.2) is 25.5 Å². The number of aromatic nitrogens is 4. The molecule has 0 bridgehead atoms. The summed E-state index contributed by atoms with van der Waals surface area (Å²) in [5.74, 6) is -0.196. The summed E-state index contributed by atoms with van der Waals surface area (Å²) in [5, 5.41) is 14.9. The predicted octanol–water partition coefficient (Wildman–Crippen LogP) is 5.49. The summed E-state index contributed by atoms with van der Waals surface area (Å²) in [6.45, 7) is 4.07. The average Bonchev–Trinajstić information content (AvgIpc) is 3.33. The van der Waals surface area contributed by atoms with Crippen LogP contribution in [0.1, 0.15) is 31.5 Å². The second-order valence-electron chi connectivity index (χ2n) is 9.85. The van der Waals surface area contributed by atoms with Gasteiger partial charge in [0.1, 0.15) is 12.4 Å². The van der Waals surface area contributed by atoms with Crippen LogP contribution in [-0.2, 0) is 16.6 Å². The van der Waals surface area contributed by atoms with Crippen LogP contribution in [0.25, 0.3) is 28.2 Å². The Bertz CT molecular complexity index is 1550. The lowest BCUT2D eigenvalue weighted by molar-refractivity contribution is -0.121. The van der Waals surface area contributed by atoms with E-state index in [1.807, 2.05) is 48.0 Å². The van der Waals surface area contributed by atoms with Gasteiger partial charge in [0.05, 0.1) is 28.3 Å². The van der Waals surface area contributed by atoms with Gasteiger partial charge in [-0.05, 0) is 48.1 Å². The molecule has 2 heterocycles. The number of nitrogens with zero attached hydrogens (tertiary/aromatic N) is 5. The van der Waals surface area contributed by atoms with Crippen molar-refractivity contribution < 1.29 is 4.79 Å². The van der Waals surface area contributed by atoms with E-state index in [1.165, 1.54) is 0 Å². The lowest BCUT2D eigenvalue weighted by Crippen LogP contribution is -2.45. The minimum atomic E-state index is -0.518. The summed E-state index contributed by atoms with van der Waals surface area (Å²) < 4.78 is 1.98. The van der Waals surface area contributed by atoms with Gasteiger partial charge in [0.25, 0.3) is 0 Å². The Balaban J connectivity index is 1.60. The third-order valence-electron chi connectivity index (χ3n) is 7.84. The summed E-state index contributed by atoms with van der Waals surface area (Å²) in [6.07, 6.45) is 6.80. The second kappa shape index (κ2) is 8.39. The number of fused-ring (bicyclic) bond motifs is 3. The van der Waals surface area contributed by atoms with Crippen molar-refractivity contribution in [3.8, 4) is 34.3 Å². The summed E-state index contributed by atoms with van der Waals surface area (Å²) in [4.78, 5) is 21.5. The van der Waals surface area contributed by atoms with Crippen LogP contribution >= 0.6 is 0 Å². The molecule has 0 N–H and O–H groups in total. The number of rotatable bonds is 3. The Morgan fingerprint density at radius 3 is 2.64 bits per heavy atom. The van der Waals surface area contributed by atoms with E-state index in [1.54, 1.807) is 12.5 Å². The Morgan fingerprint density at radius 1 is 1.08 bits per heavy atom. The zero-order valence-electron chi connectivity index (χ0n) is 20.2. The summed E-state index contributed by atoms with van der Waals surface area (Å²) in [6, 6.07) is 22.7. The van der Waals surface area contributed by atoms with Crippen molar-refractivity contribution in [2.75, 3.05) is 0 Å². The van der Waals surface area contributed by atoms with Crippen LogP contribution in [0.5, 0.6) is 0 Å². The molecule has 6 nitrogen and oxygen atoms in total. The van der Waals surface area contributed by atoms with E-state index in [2.05, 4.69) is 53.3 Å². The van der Waals surface area contributed by atoms with Crippen molar-refractivity contribution in [2.45, 2.75) is 32.1 Å². The number of Topliss-reactive ketones (excluding diaryl/α,β-unsaturated/α-hetero) is 1. The first kappa shape index (κ1) is 22.1. The molecule has 36 heavy (non-hydrogen) atoms. The van der Waals surface area contributed by atoms with Crippen LogP contribution < -0.4 is 0 Å². The zero-order valence-corrected chi connectivity index (χ0v) is 20.2. The standard InChI is InChI=1S/C30H25N5O/c1-19-25-12-11-24-27(26-13-14-32-18-33-26)35(34-29(24)30(25,2)16-22(17-31)28(19)36)23-10-6-9-21(15-23)20-7-4-3-5-8-20/h3-10,13-16,18-19,25H,11-12H2,1-2H3/t19-,25-,30-/m1/s1. The maximum Gasteiger partial charge on any atom is 0.176 e. The number of hydrogen-bond donors (Lipinski definition) is 0. The maximum atomic E-state index is 12.8. The van der Waals surface area contributed by atoms with Gasteiger partial charge in [-0.1, -0.05) is 62.4 Å². The van der Waals surface area contributed by atoms with Gasteiger partial charge in [-0.2, -0.15) is 10.4 Å². The third-order valence-corrected chi connectivity index (χ3v) is 7.84. The fraction of sp³-hybridized carbons (Fsp3) is 0.233. The summed E-state index contributed by atoms with van der Waals surface area (Å²) in [7, 11) is 0. The monoisotopic (exact) mass is 471 g/mol. The van der Waals surface area contributed by atoms with Gasteiger partial charge in [-0.15, -0.1) is 0 Å². The molecule has 0 amide bonds. The number of hydrogen-bond acceptors (Lipinski definition) is 5. The first-order valence-electron chi connectivity index (χ1n) is 12.2. The Kier molecular flexibility index (Phi) is 5.15. The number of carbonyl (C=O) groups is 1. The highest BCUT2D eigenvalue weighted by atomic mass is 16.1. The van der Waals surface area contributed by atoms with Crippen LogP contribution in [0.3, 0.4) is 0 Å². The molecule has 0 fully saturated rings. The molecule has 0 aliphatic heterocycles. The molecule has 0 unspecified atom stereocenters. The highest BCUT2D eigenvalue weighted by Crippen LogP contribution is 2.51. The molecule has 0 saturated heterocycles. The molecular weight excluding hydrogens is 446 g/mol. The number of ketones is 1. The number of benzene rings is 2. The minimum Gasteiger partial charge on any atom is -0.293 e. The molecule has 6 rings (SSSR count). The van der Waals surface area contributed by atoms with Gasteiger partial charge >= 0.3 is 0 Å². The Labute approximate surface area is 210 Å². The molecule has 2 aromatic heterocycles. The van der Waals surface area contributed by atoms with Crippen LogP contribution in [0.4, 0.5) is 0 Å². The van der Waals surface area contributed by atoms with Crippen LogP contribution in [0, 0.1) is 23.2 Å². The van der Waals surface area contributed by atoms with Crippen molar-refractivity contribution >= 4 is 5.78 Å². The predicted molar refractivity (Wildman–Crippen MR) is 137 cm³/mol. The molecule has 0 saturated carbocycles. The van der Waals surface area contributed by atoms with E-state index in [9.17, 15) is 10.1 Å². The average molecular weight is 472 g/mol. The number of nitriles is 1. The molecule has 0 radical (unpaired) electrons. The van der Waals surface area contributed by atoms with Crippen LogP contribution in [0.15, 0.2) is 84.8 Å². The fourth-order valence-corrected chi connectivity index (χ4v) is 6.05. The summed E-state index contributed by atoms with van der Waals surface area (Å²) >= 11 is 0. The van der Waals surface area contributed by atoms with Crippen LogP contribution in [0.2, 0.25) is 0 Å². The van der Waals surface area contributed by atoms with E-state index < -0.39 is 5.41 Å². The molecule has 176 valence electrons. The molecule has 6 heteroatoms. The van der Waals surface area contributed by atoms with Crippen molar-refractivity contribution in [3.63, 3.8) is 0 Å². The topological polar surface area (TPSA) is 84.5 Å². The smallest absolute Gasteiger partial charge is 0.176 e. The summed E-state index contributed by atoms with van der Waals surface area (Å²) in [5.41, 5.74) is 6.66. The van der Waals surface area contributed by atoms with Gasteiger partial charge in [-0.25, -0.2) is 14.6 Å². The fourth-order valence-electron chi connectivity index (χ4n) is 6.05. The molecule has 4 aromatic rings. The van der Waals surface area contributed by atoms with Crippen molar-refractivity contribution in [3.05, 3.63) is 96.1 Å². The van der Waals surface area contributed by atoms with E-state index in [0.717, 1.165) is 52.3 Å². The van der Waals surface area contributed by atoms with Gasteiger partial charge < -0.3 is 0 Å². The lowest BCUT2D eigenvalue weighted by atomic mass is 9.58. The van der Waals surface area contributed by atoms with E-state index in [0.29, 0.717) is 0 Å². The van der Waals surface area contributed by atoms with Gasteiger partial charge in [0, 0.05) is 23.1 Å². The zero-order chi connectivity index (χ0) is 24.9. The van der Waals surface area contributed by atoms with Gasteiger partial charge in [0.2, 0.25) is 0 Å². The number of carbonyl (C=O) groups excluding carboxylic acids is 1. The van der Waals surface area contributed by atoms with E-state index in [-0.39, 0.29) is 23.2 Å². The van der Waals surface area contributed by atoms with E-state index >= 15 is 0 Å². The largest absolute Gasteiger partial charge is 0.293 e. The highest BCUT2D eigenvalue weighted by Gasteiger charge is 2.50. The molecule has 2 aromatic carbocycles. The Hall–Kier alpha value is -4.37. The molecular formula is C30H25N5O. The van der Waals surface area contributed by atoms with Crippen molar-refractivity contribution in [1.82, 2.24) is 19.7 Å². The molecule has 0 spiro atoms. The van der Waals surface area contributed by atoms with E-state index in [4.69, 9.17) is 5.10 Å². The second-order valence-corrected chi connectivity index (χ2v) is 9.85. The minimum absolute atomic E-state index is 0.0607. The molecule has 3 atom stereocenters. The first-order valence-corrected chi connectivity index (χ1v) is 12.2. The van der Waals surface area contributed by atoms with Gasteiger partial charge in [0.15, 0.2) is 5.78 Å². The lowest BCUT2D eigenvalue weighted by Gasteiger charge is -2.44. The normalized spacial score (nSPS) is 22.8. The van der Waals surface area contributed by atoms with Crippen molar-refractivity contribution in [1.29, 1.82) is 5.26 Å². The third kappa shape index (κ3) is 3.31. The maximum absolute atomic E-state index is 12.8. The van der Waals surface area contributed by atoms with Gasteiger partial charge in [-0.3, -0.25) is 4.79 Å².